The number of rotatable bonds is 3. The molecule has 0 spiro atoms. The van der Waals surface area contributed by atoms with E-state index in [1.807, 2.05) is 18.2 Å². The molecule has 1 aromatic heterocycles. The lowest BCUT2D eigenvalue weighted by Crippen LogP contribution is -2.26. The zero-order valence-corrected chi connectivity index (χ0v) is 9.79. The summed E-state index contributed by atoms with van der Waals surface area (Å²) in [7, 11) is 1.69. The van der Waals surface area contributed by atoms with Crippen LogP contribution in [-0.2, 0) is 6.54 Å². The van der Waals surface area contributed by atoms with Gasteiger partial charge < -0.3 is 4.90 Å². The molecule has 0 saturated carbocycles. The largest absolute Gasteiger partial charge is 0.336 e. The standard InChI is InChI=1S/C12H11N5O/c1-17(12(18)11-7-14-16-15-11)8-10-4-2-9(6-13)3-5-10/h2-5,7H,8H2,1H3,(H,14,15,16). The molecule has 1 amide bonds. The third kappa shape index (κ3) is 2.52. The number of aromatic amines is 1. The quantitative estimate of drug-likeness (QED) is 0.866. The second kappa shape index (κ2) is 5.10. The second-order valence-electron chi connectivity index (χ2n) is 3.83. The van der Waals surface area contributed by atoms with Crippen LogP contribution in [-0.4, -0.2) is 33.3 Å². The second-order valence-corrected chi connectivity index (χ2v) is 3.83. The fourth-order valence-corrected chi connectivity index (χ4v) is 1.53. The van der Waals surface area contributed by atoms with E-state index in [0.717, 1.165) is 5.56 Å². The molecule has 0 aliphatic heterocycles. The predicted molar refractivity (Wildman–Crippen MR) is 63.3 cm³/mol. The van der Waals surface area contributed by atoms with Gasteiger partial charge in [-0.25, -0.2) is 0 Å². The van der Waals surface area contributed by atoms with E-state index in [4.69, 9.17) is 5.26 Å². The van der Waals surface area contributed by atoms with Crippen LogP contribution in [0.2, 0.25) is 0 Å². The van der Waals surface area contributed by atoms with Crippen LogP contribution in [0, 0.1) is 11.3 Å². The summed E-state index contributed by atoms with van der Waals surface area (Å²) in [6.07, 6.45) is 1.39. The van der Waals surface area contributed by atoms with E-state index in [1.54, 1.807) is 24.1 Å². The van der Waals surface area contributed by atoms with Gasteiger partial charge in [-0.2, -0.15) is 20.7 Å². The number of aromatic nitrogens is 3. The monoisotopic (exact) mass is 241 g/mol. The third-order valence-electron chi connectivity index (χ3n) is 2.48. The van der Waals surface area contributed by atoms with Crippen LogP contribution in [0.5, 0.6) is 0 Å². The number of amides is 1. The molecule has 0 saturated heterocycles. The molecule has 2 rings (SSSR count). The van der Waals surface area contributed by atoms with Gasteiger partial charge in [-0.1, -0.05) is 12.1 Å². The fourth-order valence-electron chi connectivity index (χ4n) is 1.53. The fraction of sp³-hybridized carbons (Fsp3) is 0.167. The molecule has 1 aromatic carbocycles. The molecule has 6 nitrogen and oxygen atoms in total. The maximum absolute atomic E-state index is 11.9. The molecule has 2 aromatic rings. The van der Waals surface area contributed by atoms with Crippen molar-refractivity contribution in [1.29, 1.82) is 5.26 Å². The van der Waals surface area contributed by atoms with Crippen molar-refractivity contribution < 1.29 is 4.79 Å². The highest BCUT2D eigenvalue weighted by atomic mass is 16.2. The maximum Gasteiger partial charge on any atom is 0.276 e. The Hall–Kier alpha value is -2.68. The number of carbonyl (C=O) groups is 1. The first kappa shape index (κ1) is 11.8. The highest BCUT2D eigenvalue weighted by Gasteiger charge is 2.14. The van der Waals surface area contributed by atoms with Crippen LogP contribution in [0.15, 0.2) is 30.5 Å². The first-order chi connectivity index (χ1) is 8.70. The number of carbonyl (C=O) groups excluding carboxylic acids is 1. The minimum absolute atomic E-state index is 0.201. The summed E-state index contributed by atoms with van der Waals surface area (Å²) >= 11 is 0. The predicted octanol–water partition coefficient (Wildman–Crippen LogP) is 0.949. The Bertz CT molecular complexity index is 568. The minimum atomic E-state index is -0.201. The average Bonchev–Trinajstić information content (AvgIpc) is 2.92. The Morgan fingerprint density at radius 1 is 1.44 bits per heavy atom. The van der Waals surface area contributed by atoms with Crippen LogP contribution >= 0.6 is 0 Å². The van der Waals surface area contributed by atoms with Crippen LogP contribution in [0.1, 0.15) is 21.6 Å². The SMILES string of the molecule is CN(Cc1ccc(C#N)cc1)C(=O)c1cn[nH]n1. The molecule has 0 fully saturated rings. The molecule has 0 unspecified atom stereocenters. The Morgan fingerprint density at radius 3 is 2.72 bits per heavy atom. The molecule has 0 bridgehead atoms. The number of H-pyrrole nitrogens is 1. The van der Waals surface area contributed by atoms with Crippen molar-refractivity contribution in [3.63, 3.8) is 0 Å². The van der Waals surface area contributed by atoms with Gasteiger partial charge in [0.1, 0.15) is 0 Å². The van der Waals surface area contributed by atoms with Gasteiger partial charge in [0, 0.05) is 13.6 Å². The third-order valence-corrected chi connectivity index (χ3v) is 2.48. The number of nitriles is 1. The highest BCUT2D eigenvalue weighted by molar-refractivity contribution is 5.91. The Morgan fingerprint density at radius 2 is 2.17 bits per heavy atom. The topological polar surface area (TPSA) is 85.7 Å². The molecule has 90 valence electrons. The first-order valence-corrected chi connectivity index (χ1v) is 5.31. The number of hydrogen-bond donors (Lipinski definition) is 1. The summed E-state index contributed by atoms with van der Waals surface area (Å²) in [6.45, 7) is 0.456. The van der Waals surface area contributed by atoms with Crippen molar-refractivity contribution in [3.8, 4) is 6.07 Å². The van der Waals surface area contributed by atoms with Crippen molar-refractivity contribution in [1.82, 2.24) is 20.3 Å². The number of nitrogens with one attached hydrogen (secondary N) is 1. The van der Waals surface area contributed by atoms with Gasteiger partial charge >= 0.3 is 0 Å². The first-order valence-electron chi connectivity index (χ1n) is 5.31. The van der Waals surface area contributed by atoms with Gasteiger partial charge in [-0.05, 0) is 17.7 Å². The Labute approximate surface area is 104 Å². The van der Waals surface area contributed by atoms with E-state index in [2.05, 4.69) is 15.4 Å². The summed E-state index contributed by atoms with van der Waals surface area (Å²) in [5.41, 5.74) is 1.84. The van der Waals surface area contributed by atoms with E-state index in [0.29, 0.717) is 12.1 Å². The van der Waals surface area contributed by atoms with E-state index in [9.17, 15) is 4.79 Å². The average molecular weight is 241 g/mol. The Balaban J connectivity index is 2.05. The smallest absolute Gasteiger partial charge is 0.276 e. The molecule has 1 heterocycles. The Kier molecular flexibility index (Phi) is 3.34. The van der Waals surface area contributed by atoms with Crippen molar-refractivity contribution in [2.24, 2.45) is 0 Å². The maximum atomic E-state index is 11.9. The lowest BCUT2D eigenvalue weighted by Gasteiger charge is -2.15. The molecule has 1 N–H and O–H groups in total. The van der Waals surface area contributed by atoms with E-state index >= 15 is 0 Å². The van der Waals surface area contributed by atoms with Crippen molar-refractivity contribution in [3.05, 3.63) is 47.3 Å². The van der Waals surface area contributed by atoms with Crippen LogP contribution in [0.25, 0.3) is 0 Å². The van der Waals surface area contributed by atoms with Gasteiger partial charge in [0.15, 0.2) is 5.69 Å². The normalized spacial score (nSPS) is 9.78. The van der Waals surface area contributed by atoms with Gasteiger partial charge in [0.05, 0.1) is 17.8 Å². The lowest BCUT2D eigenvalue weighted by atomic mass is 10.1. The molecule has 0 radical (unpaired) electrons. The summed E-state index contributed by atoms with van der Waals surface area (Å²) < 4.78 is 0. The number of nitrogens with zero attached hydrogens (tertiary/aromatic N) is 4. The zero-order valence-electron chi connectivity index (χ0n) is 9.79. The summed E-state index contributed by atoms with van der Waals surface area (Å²) in [5.74, 6) is -0.201. The van der Waals surface area contributed by atoms with Crippen molar-refractivity contribution in [2.75, 3.05) is 7.05 Å². The van der Waals surface area contributed by atoms with Crippen LogP contribution in [0.3, 0.4) is 0 Å². The lowest BCUT2D eigenvalue weighted by molar-refractivity contribution is 0.0779. The molecule has 18 heavy (non-hydrogen) atoms. The van der Waals surface area contributed by atoms with Crippen LogP contribution in [0.4, 0.5) is 0 Å². The van der Waals surface area contributed by atoms with E-state index in [1.165, 1.54) is 6.20 Å². The highest BCUT2D eigenvalue weighted by Crippen LogP contribution is 2.07. The van der Waals surface area contributed by atoms with E-state index < -0.39 is 0 Å². The summed E-state index contributed by atoms with van der Waals surface area (Å²) in [5, 5.41) is 18.4. The number of benzene rings is 1. The molecule has 0 aliphatic rings. The molecule has 0 aliphatic carbocycles. The molecular formula is C12H11N5O. The molecule has 6 heteroatoms. The van der Waals surface area contributed by atoms with Gasteiger partial charge in [0.2, 0.25) is 0 Å². The zero-order chi connectivity index (χ0) is 13.0. The van der Waals surface area contributed by atoms with Gasteiger partial charge in [0.25, 0.3) is 5.91 Å². The van der Waals surface area contributed by atoms with Gasteiger partial charge in [-0.3, -0.25) is 4.79 Å². The minimum Gasteiger partial charge on any atom is -0.336 e. The van der Waals surface area contributed by atoms with E-state index in [-0.39, 0.29) is 11.6 Å². The summed E-state index contributed by atoms with van der Waals surface area (Å²) in [4.78, 5) is 13.4. The van der Waals surface area contributed by atoms with Crippen LogP contribution < -0.4 is 0 Å². The van der Waals surface area contributed by atoms with Crippen molar-refractivity contribution >= 4 is 5.91 Å². The van der Waals surface area contributed by atoms with Crippen molar-refractivity contribution in [2.45, 2.75) is 6.54 Å². The molecule has 0 atom stereocenters. The summed E-state index contributed by atoms with van der Waals surface area (Å²) in [6, 6.07) is 9.15. The molecular weight excluding hydrogens is 230 g/mol. The van der Waals surface area contributed by atoms with Gasteiger partial charge in [-0.15, -0.1) is 0 Å². The number of hydrogen-bond acceptors (Lipinski definition) is 4.